The van der Waals surface area contributed by atoms with E-state index < -0.39 is 0 Å². The number of carbonyl (C=O) groups is 1. The standard InChI is InChI=1S/C9H15ClN4O/c1-13(2)9(15)6-11-5-8-12-4-7(10)14(8)3/h4,11H,5-6H2,1-3H3. The van der Waals surface area contributed by atoms with Crippen molar-refractivity contribution in [2.24, 2.45) is 7.05 Å². The van der Waals surface area contributed by atoms with Gasteiger partial charge in [0, 0.05) is 21.1 Å². The molecule has 1 aromatic rings. The van der Waals surface area contributed by atoms with E-state index in [1.54, 1.807) is 29.8 Å². The largest absolute Gasteiger partial charge is 0.348 e. The lowest BCUT2D eigenvalue weighted by Crippen LogP contribution is -2.33. The lowest BCUT2D eigenvalue weighted by atomic mass is 10.5. The molecule has 0 aliphatic rings. The van der Waals surface area contributed by atoms with Gasteiger partial charge in [0.1, 0.15) is 11.0 Å². The molecule has 15 heavy (non-hydrogen) atoms. The van der Waals surface area contributed by atoms with Crippen molar-refractivity contribution in [3.8, 4) is 0 Å². The van der Waals surface area contributed by atoms with Gasteiger partial charge >= 0.3 is 0 Å². The van der Waals surface area contributed by atoms with Gasteiger partial charge in [-0.2, -0.15) is 0 Å². The number of imidazole rings is 1. The predicted octanol–water partition coefficient (Wildman–Crippen LogP) is 0.251. The highest BCUT2D eigenvalue weighted by Gasteiger charge is 2.06. The molecule has 0 atom stereocenters. The average molecular weight is 231 g/mol. The van der Waals surface area contributed by atoms with E-state index in [1.165, 1.54) is 0 Å². The molecule has 1 N–H and O–H groups in total. The van der Waals surface area contributed by atoms with Crippen LogP contribution < -0.4 is 5.32 Å². The molecule has 0 saturated carbocycles. The molecule has 1 rings (SSSR count). The SMILES string of the molecule is CN(C)C(=O)CNCc1ncc(Cl)n1C. The molecular weight excluding hydrogens is 216 g/mol. The molecule has 0 spiro atoms. The van der Waals surface area contributed by atoms with E-state index in [0.717, 1.165) is 5.82 Å². The lowest BCUT2D eigenvalue weighted by Gasteiger charge is -2.10. The number of hydrogen-bond donors (Lipinski definition) is 1. The summed E-state index contributed by atoms with van der Waals surface area (Å²) in [5, 5.41) is 3.59. The minimum Gasteiger partial charge on any atom is -0.348 e. The molecule has 0 saturated heterocycles. The van der Waals surface area contributed by atoms with Crippen LogP contribution in [0.3, 0.4) is 0 Å². The molecule has 84 valence electrons. The smallest absolute Gasteiger partial charge is 0.236 e. The van der Waals surface area contributed by atoms with Crippen molar-refractivity contribution in [2.75, 3.05) is 20.6 Å². The molecule has 1 amide bonds. The Kier molecular flexibility index (Phi) is 4.11. The Bertz CT molecular complexity index is 348. The van der Waals surface area contributed by atoms with E-state index in [4.69, 9.17) is 11.6 Å². The summed E-state index contributed by atoms with van der Waals surface area (Å²) in [5.41, 5.74) is 0. The first-order chi connectivity index (χ1) is 7.02. The van der Waals surface area contributed by atoms with Gasteiger partial charge in [0.05, 0.1) is 19.3 Å². The van der Waals surface area contributed by atoms with Crippen LogP contribution in [0.15, 0.2) is 6.20 Å². The molecule has 1 heterocycles. The number of halogens is 1. The van der Waals surface area contributed by atoms with Gasteiger partial charge in [-0.1, -0.05) is 11.6 Å². The summed E-state index contributed by atoms with van der Waals surface area (Å²) in [4.78, 5) is 16.9. The summed E-state index contributed by atoms with van der Waals surface area (Å²) in [7, 11) is 5.28. The molecule has 6 heteroatoms. The van der Waals surface area contributed by atoms with Crippen LogP contribution in [0.4, 0.5) is 0 Å². The van der Waals surface area contributed by atoms with Gasteiger partial charge in [0.25, 0.3) is 0 Å². The number of hydrogen-bond acceptors (Lipinski definition) is 3. The van der Waals surface area contributed by atoms with Crippen LogP contribution >= 0.6 is 11.6 Å². The van der Waals surface area contributed by atoms with Crippen molar-refractivity contribution in [3.05, 3.63) is 17.2 Å². The number of carbonyl (C=O) groups excluding carboxylic acids is 1. The zero-order chi connectivity index (χ0) is 11.4. The maximum absolute atomic E-state index is 11.2. The summed E-state index contributed by atoms with van der Waals surface area (Å²) in [6, 6.07) is 0. The summed E-state index contributed by atoms with van der Waals surface area (Å²) in [6.07, 6.45) is 1.59. The Balaban J connectivity index is 2.38. The highest BCUT2D eigenvalue weighted by atomic mass is 35.5. The Labute approximate surface area is 94.0 Å². The van der Waals surface area contributed by atoms with E-state index in [2.05, 4.69) is 10.3 Å². The third-order valence-corrected chi connectivity index (χ3v) is 2.44. The fourth-order valence-corrected chi connectivity index (χ4v) is 1.17. The predicted molar refractivity (Wildman–Crippen MR) is 58.6 cm³/mol. The average Bonchev–Trinajstić information content (AvgIpc) is 2.49. The molecule has 5 nitrogen and oxygen atoms in total. The van der Waals surface area contributed by atoms with Crippen molar-refractivity contribution >= 4 is 17.5 Å². The Morgan fingerprint density at radius 3 is 2.80 bits per heavy atom. The number of nitrogens with zero attached hydrogens (tertiary/aromatic N) is 3. The third-order valence-electron chi connectivity index (χ3n) is 2.09. The summed E-state index contributed by atoms with van der Waals surface area (Å²) >= 11 is 5.82. The first kappa shape index (κ1) is 12.0. The topological polar surface area (TPSA) is 50.2 Å². The quantitative estimate of drug-likeness (QED) is 0.807. The van der Waals surface area contributed by atoms with Crippen LogP contribution in [0, 0.1) is 0 Å². The van der Waals surface area contributed by atoms with E-state index >= 15 is 0 Å². The zero-order valence-electron chi connectivity index (χ0n) is 9.12. The van der Waals surface area contributed by atoms with Crippen molar-refractivity contribution in [2.45, 2.75) is 6.54 Å². The molecule has 0 fully saturated rings. The second-order valence-corrected chi connectivity index (χ2v) is 3.84. The molecule has 0 unspecified atom stereocenters. The van der Waals surface area contributed by atoms with Gasteiger partial charge in [-0.25, -0.2) is 4.98 Å². The molecule has 0 aliphatic heterocycles. The highest BCUT2D eigenvalue weighted by molar-refractivity contribution is 6.29. The van der Waals surface area contributed by atoms with Gasteiger partial charge in [-0.15, -0.1) is 0 Å². The summed E-state index contributed by atoms with van der Waals surface area (Å²) in [5.74, 6) is 0.849. The second kappa shape index (κ2) is 5.14. The number of rotatable bonds is 4. The fourth-order valence-electron chi connectivity index (χ4n) is 1.03. The van der Waals surface area contributed by atoms with E-state index in [-0.39, 0.29) is 5.91 Å². The fraction of sp³-hybridized carbons (Fsp3) is 0.556. The van der Waals surface area contributed by atoms with E-state index in [1.807, 2.05) is 7.05 Å². The van der Waals surface area contributed by atoms with Gasteiger partial charge in [0.15, 0.2) is 0 Å². The molecule has 0 bridgehead atoms. The molecule has 1 aromatic heterocycles. The second-order valence-electron chi connectivity index (χ2n) is 3.45. The number of aromatic nitrogens is 2. The monoisotopic (exact) mass is 230 g/mol. The zero-order valence-corrected chi connectivity index (χ0v) is 9.88. The van der Waals surface area contributed by atoms with E-state index in [9.17, 15) is 4.79 Å². The lowest BCUT2D eigenvalue weighted by molar-refractivity contribution is -0.127. The summed E-state index contributed by atoms with van der Waals surface area (Å²) in [6.45, 7) is 0.834. The van der Waals surface area contributed by atoms with Crippen LogP contribution in [0.5, 0.6) is 0 Å². The maximum Gasteiger partial charge on any atom is 0.236 e. The van der Waals surface area contributed by atoms with Gasteiger partial charge in [0.2, 0.25) is 5.91 Å². The Hall–Kier alpha value is -1.07. The Morgan fingerprint density at radius 1 is 1.67 bits per heavy atom. The normalized spacial score (nSPS) is 10.4. The first-order valence-corrected chi connectivity index (χ1v) is 4.97. The number of likely N-dealkylation sites (N-methyl/N-ethyl adjacent to an activating group) is 1. The van der Waals surface area contributed by atoms with Crippen molar-refractivity contribution in [1.82, 2.24) is 19.8 Å². The number of amides is 1. The first-order valence-electron chi connectivity index (χ1n) is 4.59. The molecule has 0 aliphatic carbocycles. The molecule has 0 radical (unpaired) electrons. The van der Waals surface area contributed by atoms with Crippen LogP contribution in [-0.2, 0) is 18.4 Å². The van der Waals surface area contributed by atoms with Crippen LogP contribution in [0.2, 0.25) is 5.15 Å². The number of nitrogens with one attached hydrogen (secondary N) is 1. The molecular formula is C9H15ClN4O. The van der Waals surface area contributed by atoms with Crippen LogP contribution in [0.25, 0.3) is 0 Å². The van der Waals surface area contributed by atoms with Gasteiger partial charge in [-0.05, 0) is 0 Å². The molecule has 0 aromatic carbocycles. The van der Waals surface area contributed by atoms with E-state index in [0.29, 0.717) is 18.2 Å². The minimum atomic E-state index is 0.0373. The van der Waals surface area contributed by atoms with Gasteiger partial charge in [-0.3, -0.25) is 4.79 Å². The van der Waals surface area contributed by atoms with Crippen molar-refractivity contribution in [3.63, 3.8) is 0 Å². The van der Waals surface area contributed by atoms with Crippen LogP contribution in [0.1, 0.15) is 5.82 Å². The Morgan fingerprint density at radius 2 is 2.33 bits per heavy atom. The van der Waals surface area contributed by atoms with Gasteiger partial charge < -0.3 is 14.8 Å². The van der Waals surface area contributed by atoms with Crippen molar-refractivity contribution < 1.29 is 4.79 Å². The van der Waals surface area contributed by atoms with Crippen LogP contribution in [-0.4, -0.2) is 41.0 Å². The maximum atomic E-state index is 11.2. The summed E-state index contributed by atoms with van der Waals surface area (Å²) < 4.78 is 1.77. The minimum absolute atomic E-state index is 0.0373. The third kappa shape index (κ3) is 3.21. The van der Waals surface area contributed by atoms with Crippen molar-refractivity contribution in [1.29, 1.82) is 0 Å². The highest BCUT2D eigenvalue weighted by Crippen LogP contribution is 2.08.